The number of nitrogens with two attached hydrogens (primary N) is 1. The summed E-state index contributed by atoms with van der Waals surface area (Å²) < 4.78 is 81.2. The molecular formula is C32H30F5N5O4. The van der Waals surface area contributed by atoms with Gasteiger partial charge in [0.15, 0.2) is 17.3 Å². The fourth-order valence-electron chi connectivity index (χ4n) is 5.51. The fourth-order valence-corrected chi connectivity index (χ4v) is 5.51. The van der Waals surface area contributed by atoms with Crippen molar-refractivity contribution in [1.82, 2.24) is 15.3 Å². The standard InChI is InChI=1S/C32H30F5N5O4/c1-30(14-43)15-46-27-21(30)11-22(42-26(27)19-5-8-39-28(24(19)33)32(35,36)37)20(16-3-4-16)13-40-29(44)17-9-18(12-41-31(34)6-7-31)25(38)23(10-17)45-2/h5,8-12,14,16,20H,3-4,6-7,13,15,38H2,1-2H3,(H,40,44)/b41-12+/t20-,30-/m0/s1. The normalized spacial score (nSPS) is 20.6. The Kier molecular flexibility index (Phi) is 7.72. The number of hydrogen-bond donors (Lipinski definition) is 2. The van der Waals surface area contributed by atoms with E-state index in [9.17, 15) is 27.2 Å². The highest BCUT2D eigenvalue weighted by Gasteiger charge is 2.44. The second-order valence-corrected chi connectivity index (χ2v) is 12.1. The van der Waals surface area contributed by atoms with Crippen LogP contribution in [0.25, 0.3) is 11.3 Å². The van der Waals surface area contributed by atoms with Crippen LogP contribution in [0.15, 0.2) is 35.5 Å². The molecule has 242 valence electrons. The zero-order chi connectivity index (χ0) is 33.0. The first-order chi connectivity index (χ1) is 21.8. The number of nitrogens with zero attached hydrogens (tertiary/aromatic N) is 3. The first-order valence-corrected chi connectivity index (χ1v) is 14.6. The Morgan fingerprint density at radius 1 is 1.28 bits per heavy atom. The molecule has 2 atom stereocenters. The highest BCUT2D eigenvalue weighted by Crippen LogP contribution is 2.49. The van der Waals surface area contributed by atoms with Gasteiger partial charge in [0.2, 0.25) is 0 Å². The van der Waals surface area contributed by atoms with Gasteiger partial charge in [-0.25, -0.2) is 18.7 Å². The highest BCUT2D eigenvalue weighted by molar-refractivity contribution is 5.99. The maximum Gasteiger partial charge on any atom is 0.436 e. The third kappa shape index (κ3) is 5.87. The smallest absolute Gasteiger partial charge is 0.436 e. The molecule has 2 aliphatic carbocycles. The number of alkyl halides is 4. The molecule has 0 unspecified atom stereocenters. The summed E-state index contributed by atoms with van der Waals surface area (Å²) in [6.45, 7) is 1.56. The molecule has 9 nitrogen and oxygen atoms in total. The van der Waals surface area contributed by atoms with Crippen molar-refractivity contribution in [2.24, 2.45) is 10.9 Å². The van der Waals surface area contributed by atoms with Crippen LogP contribution in [-0.2, 0) is 16.4 Å². The highest BCUT2D eigenvalue weighted by atomic mass is 19.4. The van der Waals surface area contributed by atoms with Crippen molar-refractivity contribution in [2.45, 2.75) is 55.9 Å². The van der Waals surface area contributed by atoms with Crippen LogP contribution in [0, 0.1) is 11.7 Å². The molecule has 6 rings (SSSR count). The van der Waals surface area contributed by atoms with Crippen LogP contribution in [-0.4, -0.2) is 54.4 Å². The lowest BCUT2D eigenvalue weighted by Gasteiger charge is -2.21. The van der Waals surface area contributed by atoms with Crippen LogP contribution in [0.3, 0.4) is 0 Å². The molecule has 0 spiro atoms. The summed E-state index contributed by atoms with van der Waals surface area (Å²) in [4.78, 5) is 37.3. The zero-order valence-electron chi connectivity index (χ0n) is 24.9. The minimum Gasteiger partial charge on any atom is -0.495 e. The van der Waals surface area contributed by atoms with Gasteiger partial charge < -0.3 is 25.3 Å². The lowest BCUT2D eigenvalue weighted by molar-refractivity contribution is -0.143. The summed E-state index contributed by atoms with van der Waals surface area (Å²) in [5, 5.41) is 2.88. The van der Waals surface area contributed by atoms with Crippen LogP contribution in [0.5, 0.6) is 11.5 Å². The third-order valence-corrected chi connectivity index (χ3v) is 8.60. The molecule has 0 radical (unpaired) electrons. The zero-order valence-corrected chi connectivity index (χ0v) is 24.9. The molecule has 3 heterocycles. The van der Waals surface area contributed by atoms with Gasteiger partial charge >= 0.3 is 6.18 Å². The average molecular weight is 644 g/mol. The number of ether oxygens (including phenoxy) is 2. The molecule has 2 fully saturated rings. The molecule has 2 saturated carbocycles. The first kappa shape index (κ1) is 31.4. The van der Waals surface area contributed by atoms with Crippen molar-refractivity contribution in [3.63, 3.8) is 0 Å². The summed E-state index contributed by atoms with van der Waals surface area (Å²) in [6.07, 6.45) is -0.0759. The number of halogens is 5. The number of pyridine rings is 2. The molecule has 0 bridgehead atoms. The Labute approximate surface area is 260 Å². The number of benzene rings is 1. The van der Waals surface area contributed by atoms with Crippen molar-refractivity contribution < 1.29 is 41.0 Å². The van der Waals surface area contributed by atoms with Gasteiger partial charge in [-0.2, -0.15) is 13.2 Å². The minimum atomic E-state index is -5.05. The molecule has 1 amide bonds. The number of nitrogens with one attached hydrogen (secondary N) is 1. The van der Waals surface area contributed by atoms with E-state index in [1.165, 1.54) is 25.5 Å². The largest absolute Gasteiger partial charge is 0.495 e. The van der Waals surface area contributed by atoms with Crippen LogP contribution in [0.1, 0.15) is 71.4 Å². The summed E-state index contributed by atoms with van der Waals surface area (Å²) in [5.74, 6) is -3.91. The van der Waals surface area contributed by atoms with E-state index in [0.29, 0.717) is 35.9 Å². The van der Waals surface area contributed by atoms with Crippen molar-refractivity contribution in [1.29, 1.82) is 0 Å². The summed E-state index contributed by atoms with van der Waals surface area (Å²) in [5.41, 5.74) is 4.01. The second kappa shape index (κ2) is 11.3. The molecule has 2 aromatic heterocycles. The molecule has 14 heteroatoms. The number of aliphatic imine (C=N–C) groups is 1. The van der Waals surface area contributed by atoms with E-state index >= 15 is 4.39 Å². The van der Waals surface area contributed by atoms with E-state index in [0.717, 1.165) is 25.1 Å². The summed E-state index contributed by atoms with van der Waals surface area (Å²) in [6, 6.07) is 5.63. The third-order valence-electron chi connectivity index (χ3n) is 8.60. The van der Waals surface area contributed by atoms with E-state index in [4.69, 9.17) is 15.2 Å². The van der Waals surface area contributed by atoms with E-state index in [1.807, 2.05) is 0 Å². The Morgan fingerprint density at radius 3 is 2.65 bits per heavy atom. The maximum absolute atomic E-state index is 15.3. The molecule has 46 heavy (non-hydrogen) atoms. The van der Waals surface area contributed by atoms with Crippen molar-refractivity contribution >= 4 is 24.1 Å². The van der Waals surface area contributed by atoms with Gasteiger partial charge in [-0.3, -0.25) is 9.79 Å². The molecule has 3 aromatic rings. The Morgan fingerprint density at radius 2 is 2.02 bits per heavy atom. The quantitative estimate of drug-likeness (QED) is 0.0976. The van der Waals surface area contributed by atoms with Crippen molar-refractivity contribution in [3.05, 3.63) is 64.4 Å². The number of aromatic nitrogens is 2. The molecule has 3 aliphatic rings. The summed E-state index contributed by atoms with van der Waals surface area (Å²) >= 11 is 0. The minimum absolute atomic E-state index is 0.0135. The Hall–Kier alpha value is -4.62. The Balaban J connectivity index is 1.35. The number of fused-ring (bicyclic) bond motifs is 1. The number of anilines is 1. The lowest BCUT2D eigenvalue weighted by atomic mass is 9.84. The van der Waals surface area contributed by atoms with Gasteiger partial charge in [0, 0.05) is 65.7 Å². The Bertz CT molecular complexity index is 1760. The monoisotopic (exact) mass is 643 g/mol. The van der Waals surface area contributed by atoms with E-state index in [-0.39, 0.29) is 47.5 Å². The predicted octanol–water partition coefficient (Wildman–Crippen LogP) is 5.54. The lowest BCUT2D eigenvalue weighted by Crippen LogP contribution is -2.30. The van der Waals surface area contributed by atoms with Gasteiger partial charge in [-0.05, 0) is 49.9 Å². The number of carbonyl (C=O) groups is 2. The molecule has 3 N–H and O–H groups in total. The molecular weight excluding hydrogens is 613 g/mol. The van der Waals surface area contributed by atoms with E-state index < -0.39 is 46.3 Å². The van der Waals surface area contributed by atoms with Gasteiger partial charge in [0.25, 0.3) is 5.91 Å². The van der Waals surface area contributed by atoms with Gasteiger partial charge in [0.1, 0.15) is 30.1 Å². The number of amides is 1. The molecule has 1 aromatic carbocycles. The van der Waals surface area contributed by atoms with E-state index in [2.05, 4.69) is 20.3 Å². The number of carbonyl (C=O) groups excluding carboxylic acids is 2. The van der Waals surface area contributed by atoms with Gasteiger partial charge in [0.05, 0.1) is 18.2 Å². The molecule has 0 saturated heterocycles. The topological polar surface area (TPSA) is 129 Å². The number of aldehydes is 1. The number of nitrogen functional groups attached to an aromatic ring is 1. The second-order valence-electron chi connectivity index (χ2n) is 12.1. The number of rotatable bonds is 10. The van der Waals surface area contributed by atoms with Gasteiger partial charge in [-0.1, -0.05) is 0 Å². The van der Waals surface area contributed by atoms with Crippen LogP contribution in [0.2, 0.25) is 0 Å². The van der Waals surface area contributed by atoms with Crippen LogP contribution in [0.4, 0.5) is 27.6 Å². The van der Waals surface area contributed by atoms with E-state index in [1.54, 1.807) is 13.0 Å². The SMILES string of the molecule is COc1cc(C(=O)NC[C@H](c2cc3c(c(-c4ccnc(C(F)(F)F)c4F)n2)OC[C@]3(C)C=O)C2CC2)cc(/C=N/C2(F)CC2)c1N. The summed E-state index contributed by atoms with van der Waals surface area (Å²) in [7, 11) is 1.38. The number of hydrogen-bond acceptors (Lipinski definition) is 8. The van der Waals surface area contributed by atoms with Crippen LogP contribution < -0.4 is 20.5 Å². The maximum atomic E-state index is 15.3. The fraction of sp³-hybridized carbons (Fsp3) is 0.406. The first-order valence-electron chi connectivity index (χ1n) is 14.6. The average Bonchev–Trinajstić information content (AvgIpc) is 3.96. The predicted molar refractivity (Wildman–Crippen MR) is 157 cm³/mol. The van der Waals surface area contributed by atoms with Gasteiger partial charge in [-0.15, -0.1) is 0 Å². The van der Waals surface area contributed by atoms with Crippen LogP contribution >= 0.6 is 0 Å². The van der Waals surface area contributed by atoms with Crippen molar-refractivity contribution in [2.75, 3.05) is 26.0 Å². The number of methoxy groups -OCH3 is 1. The van der Waals surface area contributed by atoms with Crippen molar-refractivity contribution in [3.8, 4) is 22.8 Å². The molecule has 1 aliphatic heterocycles.